The number of nitrogens with zero attached hydrogens (tertiary/aromatic N) is 1. The molecule has 0 atom stereocenters. The summed E-state index contributed by atoms with van der Waals surface area (Å²) in [7, 11) is 1.52. The molecule has 0 saturated heterocycles. The second-order valence-corrected chi connectivity index (χ2v) is 7.33. The molecule has 0 heterocycles. The van der Waals surface area contributed by atoms with E-state index in [1.54, 1.807) is 48.5 Å². The SMILES string of the molecule is COc1ccc(NC(=O)C(=O)N/N=C\c2cccc(OCC(=O)Nc3ccc(F)c(Cl)c3)c2)cc1. The summed E-state index contributed by atoms with van der Waals surface area (Å²) in [5.74, 6) is -1.93. The lowest BCUT2D eigenvalue weighted by Gasteiger charge is -2.08. The van der Waals surface area contributed by atoms with Crippen LogP contribution in [0.15, 0.2) is 71.8 Å². The molecule has 11 heteroatoms. The molecule has 0 unspecified atom stereocenters. The summed E-state index contributed by atoms with van der Waals surface area (Å²) in [4.78, 5) is 36.0. The topological polar surface area (TPSA) is 118 Å². The van der Waals surface area contributed by atoms with Crippen molar-refractivity contribution in [1.29, 1.82) is 0 Å². The molecule has 0 saturated carbocycles. The molecule has 0 aliphatic rings. The first kappa shape index (κ1) is 25.2. The molecule has 0 bridgehead atoms. The van der Waals surface area contributed by atoms with Crippen molar-refractivity contribution in [2.24, 2.45) is 5.10 Å². The number of hydrogen-bond donors (Lipinski definition) is 3. The Bertz CT molecular complexity index is 1250. The molecule has 35 heavy (non-hydrogen) atoms. The number of rotatable bonds is 8. The minimum absolute atomic E-state index is 0.110. The number of methoxy groups -OCH3 is 1. The highest BCUT2D eigenvalue weighted by Gasteiger charge is 2.13. The van der Waals surface area contributed by atoms with E-state index >= 15 is 0 Å². The van der Waals surface area contributed by atoms with Crippen LogP contribution < -0.4 is 25.5 Å². The van der Waals surface area contributed by atoms with Crippen LogP contribution >= 0.6 is 11.6 Å². The Morgan fingerprint density at radius 2 is 1.69 bits per heavy atom. The average Bonchev–Trinajstić information content (AvgIpc) is 2.85. The fourth-order valence-corrected chi connectivity index (χ4v) is 2.86. The number of benzene rings is 3. The highest BCUT2D eigenvalue weighted by atomic mass is 35.5. The van der Waals surface area contributed by atoms with Gasteiger partial charge in [0.1, 0.15) is 17.3 Å². The van der Waals surface area contributed by atoms with Gasteiger partial charge in [-0.3, -0.25) is 14.4 Å². The monoisotopic (exact) mass is 498 g/mol. The van der Waals surface area contributed by atoms with E-state index in [1.165, 1.54) is 25.5 Å². The molecular weight excluding hydrogens is 479 g/mol. The lowest BCUT2D eigenvalue weighted by Crippen LogP contribution is -2.32. The average molecular weight is 499 g/mol. The normalized spacial score (nSPS) is 10.5. The van der Waals surface area contributed by atoms with Crippen molar-refractivity contribution in [2.45, 2.75) is 0 Å². The number of ether oxygens (including phenoxy) is 2. The van der Waals surface area contributed by atoms with E-state index in [2.05, 4.69) is 21.2 Å². The van der Waals surface area contributed by atoms with Gasteiger partial charge in [-0.2, -0.15) is 5.10 Å². The zero-order valence-electron chi connectivity index (χ0n) is 18.4. The van der Waals surface area contributed by atoms with E-state index in [-0.39, 0.29) is 11.6 Å². The van der Waals surface area contributed by atoms with Gasteiger partial charge < -0.3 is 20.1 Å². The van der Waals surface area contributed by atoms with Gasteiger partial charge in [-0.15, -0.1) is 0 Å². The van der Waals surface area contributed by atoms with Crippen molar-refractivity contribution in [1.82, 2.24) is 5.43 Å². The van der Waals surface area contributed by atoms with Gasteiger partial charge in [0.2, 0.25) is 0 Å². The molecular formula is C24H20ClFN4O5. The Morgan fingerprint density at radius 1 is 0.943 bits per heavy atom. The number of carbonyl (C=O) groups is 3. The predicted octanol–water partition coefficient (Wildman–Crippen LogP) is 3.59. The summed E-state index contributed by atoms with van der Waals surface area (Å²) in [6.45, 7) is -0.308. The Balaban J connectivity index is 1.47. The molecule has 180 valence electrons. The van der Waals surface area contributed by atoms with Gasteiger partial charge in [-0.25, -0.2) is 9.82 Å². The van der Waals surface area contributed by atoms with Gasteiger partial charge in [0, 0.05) is 11.4 Å². The van der Waals surface area contributed by atoms with E-state index < -0.39 is 23.5 Å². The van der Waals surface area contributed by atoms with Gasteiger partial charge in [0.15, 0.2) is 6.61 Å². The largest absolute Gasteiger partial charge is 0.497 e. The fraction of sp³-hybridized carbons (Fsp3) is 0.0833. The van der Waals surface area contributed by atoms with Gasteiger partial charge in [0.25, 0.3) is 5.91 Å². The summed E-state index contributed by atoms with van der Waals surface area (Å²) >= 11 is 5.69. The number of halogens is 2. The van der Waals surface area contributed by atoms with Gasteiger partial charge >= 0.3 is 11.8 Å². The minimum Gasteiger partial charge on any atom is -0.497 e. The van der Waals surface area contributed by atoms with Crippen molar-refractivity contribution in [2.75, 3.05) is 24.4 Å². The Hall–Kier alpha value is -4.44. The molecule has 3 rings (SSSR count). The highest BCUT2D eigenvalue weighted by molar-refractivity contribution is 6.39. The first-order valence-electron chi connectivity index (χ1n) is 10.1. The second-order valence-electron chi connectivity index (χ2n) is 6.92. The van der Waals surface area contributed by atoms with E-state index in [0.717, 1.165) is 6.07 Å². The summed E-state index contributed by atoms with van der Waals surface area (Å²) in [5, 5.41) is 8.62. The third kappa shape index (κ3) is 7.83. The summed E-state index contributed by atoms with van der Waals surface area (Å²) in [5.41, 5.74) is 3.43. The van der Waals surface area contributed by atoms with Gasteiger partial charge in [-0.05, 0) is 60.2 Å². The molecule has 0 fully saturated rings. The minimum atomic E-state index is -0.956. The standard InChI is InChI=1S/C24H20ClFN4O5/c1-34-18-8-5-16(6-9-18)29-23(32)24(33)30-27-13-15-3-2-4-19(11-15)35-14-22(31)28-17-7-10-21(26)20(25)12-17/h2-13H,14H2,1H3,(H,28,31)(H,29,32)(H,30,33)/b27-13-. The van der Waals surface area contributed by atoms with Crippen LogP contribution in [0.1, 0.15) is 5.56 Å². The van der Waals surface area contributed by atoms with E-state index in [1.807, 2.05) is 0 Å². The Labute approximate surface area is 204 Å². The molecule has 3 aromatic carbocycles. The quantitative estimate of drug-likeness (QED) is 0.249. The van der Waals surface area contributed by atoms with Crippen molar-refractivity contribution in [3.8, 4) is 11.5 Å². The molecule has 0 aliphatic carbocycles. The maximum absolute atomic E-state index is 13.2. The molecule has 0 aromatic heterocycles. The van der Waals surface area contributed by atoms with Crippen molar-refractivity contribution < 1.29 is 28.2 Å². The van der Waals surface area contributed by atoms with Crippen molar-refractivity contribution in [3.05, 3.63) is 83.1 Å². The van der Waals surface area contributed by atoms with E-state index in [0.29, 0.717) is 28.4 Å². The van der Waals surface area contributed by atoms with Crippen LogP contribution in [0.3, 0.4) is 0 Å². The smallest absolute Gasteiger partial charge is 0.329 e. The first-order chi connectivity index (χ1) is 16.8. The number of carbonyl (C=O) groups excluding carboxylic acids is 3. The molecule has 3 aromatic rings. The van der Waals surface area contributed by atoms with E-state index in [9.17, 15) is 18.8 Å². The zero-order valence-corrected chi connectivity index (χ0v) is 19.1. The fourth-order valence-electron chi connectivity index (χ4n) is 2.68. The molecule has 3 N–H and O–H groups in total. The van der Waals surface area contributed by atoms with Crippen molar-refractivity contribution in [3.63, 3.8) is 0 Å². The number of hydrogen-bond acceptors (Lipinski definition) is 6. The van der Waals surface area contributed by atoms with Crippen LogP contribution in [0.2, 0.25) is 5.02 Å². The Morgan fingerprint density at radius 3 is 2.40 bits per heavy atom. The molecule has 0 radical (unpaired) electrons. The highest BCUT2D eigenvalue weighted by Crippen LogP contribution is 2.19. The third-order valence-electron chi connectivity index (χ3n) is 4.37. The second kappa shape index (κ2) is 12.1. The molecule has 3 amide bonds. The van der Waals surface area contributed by atoms with Crippen LogP contribution in [0.4, 0.5) is 15.8 Å². The first-order valence-corrected chi connectivity index (χ1v) is 10.5. The van der Waals surface area contributed by atoms with Crippen LogP contribution in [-0.4, -0.2) is 37.7 Å². The van der Waals surface area contributed by atoms with Crippen LogP contribution in [0.25, 0.3) is 0 Å². The lowest BCUT2D eigenvalue weighted by molar-refractivity contribution is -0.136. The van der Waals surface area contributed by atoms with Crippen molar-refractivity contribution >= 4 is 46.9 Å². The van der Waals surface area contributed by atoms with Crippen LogP contribution in [-0.2, 0) is 14.4 Å². The number of nitrogens with one attached hydrogen (secondary N) is 3. The lowest BCUT2D eigenvalue weighted by atomic mass is 10.2. The summed E-state index contributed by atoms with van der Waals surface area (Å²) in [6, 6.07) is 16.8. The maximum Gasteiger partial charge on any atom is 0.329 e. The summed E-state index contributed by atoms with van der Waals surface area (Å²) < 4.78 is 23.7. The third-order valence-corrected chi connectivity index (χ3v) is 4.65. The summed E-state index contributed by atoms with van der Waals surface area (Å²) in [6.07, 6.45) is 1.31. The maximum atomic E-state index is 13.2. The number of anilines is 2. The van der Waals surface area contributed by atoms with Crippen LogP contribution in [0.5, 0.6) is 11.5 Å². The number of amides is 3. The van der Waals surface area contributed by atoms with Gasteiger partial charge in [-0.1, -0.05) is 23.7 Å². The van der Waals surface area contributed by atoms with Gasteiger partial charge in [0.05, 0.1) is 18.3 Å². The van der Waals surface area contributed by atoms with Crippen LogP contribution in [0, 0.1) is 5.82 Å². The number of hydrazone groups is 1. The Kier molecular flexibility index (Phi) is 8.74. The molecule has 0 aliphatic heterocycles. The molecule has 9 nitrogen and oxygen atoms in total. The predicted molar refractivity (Wildman–Crippen MR) is 129 cm³/mol. The van der Waals surface area contributed by atoms with E-state index in [4.69, 9.17) is 21.1 Å². The molecule has 0 spiro atoms. The zero-order chi connectivity index (χ0) is 25.2.